The van der Waals surface area contributed by atoms with Gasteiger partial charge in [0.25, 0.3) is 11.6 Å². The van der Waals surface area contributed by atoms with Crippen LogP contribution < -0.4 is 5.73 Å². The predicted octanol–water partition coefficient (Wildman–Crippen LogP) is 3.76. The Hall–Kier alpha value is -2.22. The molecule has 0 atom stereocenters. The van der Waals surface area contributed by atoms with Crippen LogP contribution in [0.25, 0.3) is 10.9 Å². The van der Waals surface area contributed by atoms with Gasteiger partial charge in [-0.15, -0.1) is 11.3 Å². The minimum Gasteiger partial charge on any atom is -0.330 e. The number of carbonyl (C=O) groups excluding carboxylic acids is 1. The van der Waals surface area contributed by atoms with Crippen LogP contribution in [0.3, 0.4) is 0 Å². The van der Waals surface area contributed by atoms with E-state index in [4.69, 9.17) is 17.3 Å². The molecule has 0 fully saturated rings. The van der Waals surface area contributed by atoms with Gasteiger partial charge < -0.3 is 5.73 Å². The first kappa shape index (κ1) is 16.6. The quantitative estimate of drug-likeness (QED) is 0.564. The summed E-state index contributed by atoms with van der Waals surface area (Å²) in [5.74, 6) is -0.327. The second-order valence-corrected chi connectivity index (χ2v) is 6.94. The average Bonchev–Trinajstić information content (AvgIpc) is 3.07. The van der Waals surface area contributed by atoms with Crippen LogP contribution in [0, 0.1) is 17.0 Å². The maximum absolute atomic E-state index is 12.9. The van der Waals surface area contributed by atoms with Crippen molar-refractivity contribution < 1.29 is 9.72 Å². The lowest BCUT2D eigenvalue weighted by Gasteiger charge is -2.05. The minimum absolute atomic E-state index is 0.000327. The van der Waals surface area contributed by atoms with Crippen molar-refractivity contribution >= 4 is 45.4 Å². The molecule has 2 N–H and O–H groups in total. The fraction of sp³-hybridized carbons (Fsp3) is 0.188. The maximum Gasteiger partial charge on any atom is 0.299 e. The number of aromatic nitrogens is 1. The number of nitrogens with two attached hydrogens (primary N) is 1. The summed E-state index contributed by atoms with van der Waals surface area (Å²) in [6.07, 6.45) is 0.651. The number of nitrogens with zero attached hydrogens (tertiary/aromatic N) is 2. The Labute approximate surface area is 146 Å². The molecule has 0 amide bonds. The Morgan fingerprint density at radius 3 is 2.75 bits per heavy atom. The average molecular weight is 364 g/mol. The molecule has 0 radical (unpaired) electrons. The van der Waals surface area contributed by atoms with E-state index in [1.807, 2.05) is 31.2 Å². The van der Waals surface area contributed by atoms with E-state index >= 15 is 0 Å². The molecule has 0 unspecified atom stereocenters. The summed E-state index contributed by atoms with van der Waals surface area (Å²) in [5, 5.41) is 11.9. The first-order chi connectivity index (χ1) is 11.5. The van der Waals surface area contributed by atoms with E-state index in [0.29, 0.717) is 13.0 Å². The second kappa shape index (κ2) is 6.35. The molecule has 0 saturated heterocycles. The fourth-order valence-electron chi connectivity index (χ4n) is 2.86. The molecule has 2 aromatic heterocycles. The molecule has 0 aliphatic carbocycles. The van der Waals surface area contributed by atoms with Crippen LogP contribution in [0.2, 0.25) is 4.34 Å². The molecule has 2 heterocycles. The molecule has 0 aliphatic rings. The maximum atomic E-state index is 12.9. The number of carbonyl (C=O) groups is 1. The standard InChI is InChI=1S/C16H14ClN3O3S/c1-9-10(6-7-18)11-4-2-3-5-12(11)19(9)16(21)14-8-13(20(22)23)15(17)24-14/h2-5,8H,6-7,18H2,1H3. The summed E-state index contributed by atoms with van der Waals surface area (Å²) in [5.41, 5.74) is 8.00. The third-order valence-corrected chi connectivity index (χ3v) is 5.24. The molecule has 0 bridgehead atoms. The topological polar surface area (TPSA) is 91.2 Å². The van der Waals surface area contributed by atoms with Gasteiger partial charge >= 0.3 is 0 Å². The molecule has 0 spiro atoms. The lowest BCUT2D eigenvalue weighted by atomic mass is 10.1. The summed E-state index contributed by atoms with van der Waals surface area (Å²) in [6, 6.07) is 8.78. The van der Waals surface area contributed by atoms with Gasteiger partial charge in [0.1, 0.15) is 4.88 Å². The number of thiophene rings is 1. The number of halogens is 1. The largest absolute Gasteiger partial charge is 0.330 e. The van der Waals surface area contributed by atoms with Gasteiger partial charge in [0.2, 0.25) is 0 Å². The van der Waals surface area contributed by atoms with Gasteiger partial charge in [-0.25, -0.2) is 0 Å². The number of hydrogen-bond acceptors (Lipinski definition) is 5. The van der Waals surface area contributed by atoms with Crippen LogP contribution in [0.4, 0.5) is 5.69 Å². The van der Waals surface area contributed by atoms with Crippen LogP contribution >= 0.6 is 22.9 Å². The van der Waals surface area contributed by atoms with Crippen molar-refractivity contribution in [2.24, 2.45) is 5.73 Å². The Morgan fingerprint density at radius 2 is 2.12 bits per heavy atom. The Bertz CT molecular complexity index is 961. The third kappa shape index (κ3) is 2.60. The SMILES string of the molecule is Cc1c(CCN)c2ccccc2n1C(=O)c1cc([N+](=O)[O-])c(Cl)s1. The summed E-state index contributed by atoms with van der Waals surface area (Å²) >= 11 is 6.80. The Kier molecular flexibility index (Phi) is 4.40. The van der Waals surface area contributed by atoms with Crippen molar-refractivity contribution in [2.45, 2.75) is 13.3 Å². The van der Waals surface area contributed by atoms with Gasteiger partial charge in [0.15, 0.2) is 4.34 Å². The fourth-order valence-corrected chi connectivity index (χ4v) is 4.01. The minimum atomic E-state index is -0.587. The number of benzene rings is 1. The Morgan fingerprint density at radius 1 is 1.42 bits per heavy atom. The summed E-state index contributed by atoms with van der Waals surface area (Å²) in [4.78, 5) is 23.6. The Balaban J connectivity index is 2.19. The molecule has 3 aromatic rings. The van der Waals surface area contributed by atoms with Crippen LogP contribution in [0.1, 0.15) is 20.9 Å². The zero-order valence-corrected chi connectivity index (χ0v) is 14.4. The van der Waals surface area contributed by atoms with Crippen molar-refractivity contribution in [1.29, 1.82) is 0 Å². The van der Waals surface area contributed by atoms with Gasteiger partial charge in [-0.2, -0.15) is 0 Å². The molecule has 124 valence electrons. The molecular weight excluding hydrogens is 350 g/mol. The molecule has 1 aromatic carbocycles. The highest BCUT2D eigenvalue weighted by Crippen LogP contribution is 2.35. The molecule has 6 nitrogen and oxygen atoms in total. The molecule has 8 heteroatoms. The highest BCUT2D eigenvalue weighted by molar-refractivity contribution is 7.18. The number of rotatable bonds is 4. The van der Waals surface area contributed by atoms with Gasteiger partial charge in [0.05, 0.1) is 10.4 Å². The van der Waals surface area contributed by atoms with E-state index < -0.39 is 4.92 Å². The molecule has 24 heavy (non-hydrogen) atoms. The number of nitro groups is 1. The van der Waals surface area contributed by atoms with Crippen molar-refractivity contribution in [2.75, 3.05) is 6.54 Å². The van der Waals surface area contributed by atoms with E-state index in [9.17, 15) is 14.9 Å². The van der Waals surface area contributed by atoms with Crippen molar-refractivity contribution in [3.05, 3.63) is 60.9 Å². The zero-order valence-electron chi connectivity index (χ0n) is 12.8. The van der Waals surface area contributed by atoms with Crippen LogP contribution in [-0.4, -0.2) is 21.9 Å². The van der Waals surface area contributed by atoms with E-state index in [1.54, 1.807) is 4.57 Å². The zero-order chi connectivity index (χ0) is 17.4. The summed E-state index contributed by atoms with van der Waals surface area (Å²) in [7, 11) is 0. The smallest absolute Gasteiger partial charge is 0.299 e. The van der Waals surface area contributed by atoms with E-state index in [-0.39, 0.29) is 20.8 Å². The number of fused-ring (bicyclic) bond motifs is 1. The highest BCUT2D eigenvalue weighted by atomic mass is 35.5. The first-order valence-electron chi connectivity index (χ1n) is 7.23. The highest BCUT2D eigenvalue weighted by Gasteiger charge is 2.25. The van der Waals surface area contributed by atoms with Crippen LogP contribution in [-0.2, 0) is 6.42 Å². The molecule has 0 saturated carbocycles. The van der Waals surface area contributed by atoms with E-state index in [2.05, 4.69) is 0 Å². The molecule has 0 aliphatic heterocycles. The normalized spacial score (nSPS) is 11.1. The lowest BCUT2D eigenvalue weighted by molar-refractivity contribution is -0.384. The van der Waals surface area contributed by atoms with Crippen LogP contribution in [0.15, 0.2) is 30.3 Å². The molecular formula is C16H14ClN3O3S. The first-order valence-corrected chi connectivity index (χ1v) is 8.42. The second-order valence-electron chi connectivity index (χ2n) is 5.29. The van der Waals surface area contributed by atoms with Gasteiger partial charge in [-0.3, -0.25) is 19.5 Å². The lowest BCUT2D eigenvalue weighted by Crippen LogP contribution is -2.13. The number of para-hydroxylation sites is 1. The van der Waals surface area contributed by atoms with Crippen molar-refractivity contribution in [3.63, 3.8) is 0 Å². The van der Waals surface area contributed by atoms with Crippen LogP contribution in [0.5, 0.6) is 0 Å². The molecule has 3 rings (SSSR count). The summed E-state index contributed by atoms with van der Waals surface area (Å²) < 4.78 is 1.58. The van der Waals surface area contributed by atoms with Crippen molar-refractivity contribution in [1.82, 2.24) is 4.57 Å². The number of hydrogen-bond donors (Lipinski definition) is 1. The van der Waals surface area contributed by atoms with Gasteiger partial charge in [-0.1, -0.05) is 29.8 Å². The van der Waals surface area contributed by atoms with Gasteiger partial charge in [-0.05, 0) is 31.5 Å². The van der Waals surface area contributed by atoms with E-state index in [1.165, 1.54) is 6.07 Å². The predicted molar refractivity (Wildman–Crippen MR) is 95.1 cm³/mol. The van der Waals surface area contributed by atoms with Crippen molar-refractivity contribution in [3.8, 4) is 0 Å². The van der Waals surface area contributed by atoms with Gasteiger partial charge in [0, 0.05) is 17.1 Å². The summed E-state index contributed by atoms with van der Waals surface area (Å²) in [6.45, 7) is 2.33. The van der Waals surface area contributed by atoms with E-state index in [0.717, 1.165) is 33.5 Å². The third-order valence-electron chi connectivity index (χ3n) is 3.92. The monoisotopic (exact) mass is 363 g/mol.